The molecule has 0 bridgehead atoms. The second-order valence-electron chi connectivity index (χ2n) is 4.75. The van der Waals surface area contributed by atoms with Gasteiger partial charge in [-0.05, 0) is 11.5 Å². The number of carboxylic acid groups (broad SMARTS) is 1. The molecule has 3 nitrogen and oxygen atoms in total. The quantitative estimate of drug-likeness (QED) is 0.824. The zero-order chi connectivity index (χ0) is 13.1. The summed E-state index contributed by atoms with van der Waals surface area (Å²) < 4.78 is 17.3. The lowest BCUT2D eigenvalue weighted by molar-refractivity contribution is 0.0698. The Kier molecular flexibility index (Phi) is 4.51. The van der Waals surface area contributed by atoms with Gasteiger partial charge in [-0.1, -0.05) is 20.8 Å². The summed E-state index contributed by atoms with van der Waals surface area (Å²) in [6.07, 6.45) is 0.278. The molecule has 0 saturated carbocycles. The molecule has 0 aliphatic rings. The van der Waals surface area contributed by atoms with E-state index in [1.54, 1.807) is 6.07 Å². The zero-order valence-electron chi connectivity index (χ0n) is 10.2. The molecule has 1 rings (SSSR count). The molecule has 0 aliphatic heterocycles. The van der Waals surface area contributed by atoms with Crippen molar-refractivity contribution >= 4 is 17.3 Å². The smallest absolute Gasteiger partial charge is 0.349 e. The minimum absolute atomic E-state index is 0.115. The van der Waals surface area contributed by atoms with Crippen molar-refractivity contribution in [2.24, 2.45) is 0 Å². The van der Waals surface area contributed by atoms with Crippen molar-refractivity contribution in [3.63, 3.8) is 0 Å². The van der Waals surface area contributed by atoms with Crippen LogP contribution in [-0.4, -0.2) is 24.4 Å². The SMILES string of the molecule is CC(C)(C)c1cc(OCCCF)c(C(=O)O)s1. The van der Waals surface area contributed by atoms with Crippen LogP contribution < -0.4 is 4.74 Å². The Bertz CT molecular complexity index is 393. The maximum absolute atomic E-state index is 12.0. The molecule has 1 aromatic heterocycles. The van der Waals surface area contributed by atoms with Gasteiger partial charge in [0, 0.05) is 11.3 Å². The number of thiophene rings is 1. The van der Waals surface area contributed by atoms with Gasteiger partial charge in [-0.3, -0.25) is 4.39 Å². The number of hydrogen-bond donors (Lipinski definition) is 1. The van der Waals surface area contributed by atoms with Gasteiger partial charge in [0.25, 0.3) is 0 Å². The molecule has 0 amide bonds. The Labute approximate surface area is 104 Å². The summed E-state index contributed by atoms with van der Waals surface area (Å²) in [5.41, 5.74) is -0.115. The third-order valence-corrected chi connectivity index (χ3v) is 3.70. The number of aromatic carboxylic acids is 1. The first-order valence-electron chi connectivity index (χ1n) is 5.42. The van der Waals surface area contributed by atoms with Gasteiger partial charge in [-0.15, -0.1) is 11.3 Å². The molecule has 1 aromatic rings. The molecule has 0 radical (unpaired) electrons. The fraction of sp³-hybridized carbons (Fsp3) is 0.583. The molecule has 0 saturated heterocycles. The predicted molar refractivity (Wildman–Crippen MR) is 66.1 cm³/mol. The number of rotatable bonds is 5. The molecule has 1 heterocycles. The average molecular weight is 260 g/mol. The van der Waals surface area contributed by atoms with Crippen LogP contribution in [0.1, 0.15) is 41.7 Å². The molecule has 0 aliphatic carbocycles. The maximum atomic E-state index is 12.0. The van der Waals surface area contributed by atoms with Crippen molar-refractivity contribution < 1.29 is 19.0 Å². The van der Waals surface area contributed by atoms with Crippen LogP contribution in [0.5, 0.6) is 5.75 Å². The van der Waals surface area contributed by atoms with Gasteiger partial charge < -0.3 is 9.84 Å². The van der Waals surface area contributed by atoms with Gasteiger partial charge in [-0.25, -0.2) is 4.79 Å². The number of ether oxygens (including phenoxy) is 1. The van der Waals surface area contributed by atoms with Crippen LogP contribution in [0, 0.1) is 0 Å². The van der Waals surface area contributed by atoms with Crippen molar-refractivity contribution in [1.82, 2.24) is 0 Å². The third-order valence-electron chi connectivity index (χ3n) is 2.17. The Morgan fingerprint density at radius 1 is 1.53 bits per heavy atom. The van der Waals surface area contributed by atoms with Crippen LogP contribution in [0.2, 0.25) is 0 Å². The van der Waals surface area contributed by atoms with Crippen LogP contribution >= 0.6 is 11.3 Å². The van der Waals surface area contributed by atoms with E-state index in [2.05, 4.69) is 0 Å². The van der Waals surface area contributed by atoms with Crippen molar-refractivity contribution in [2.75, 3.05) is 13.3 Å². The number of halogens is 1. The lowest BCUT2D eigenvalue weighted by Gasteiger charge is -2.14. The van der Waals surface area contributed by atoms with Crippen molar-refractivity contribution in [3.05, 3.63) is 15.8 Å². The van der Waals surface area contributed by atoms with Gasteiger partial charge in [0.05, 0.1) is 13.3 Å². The summed E-state index contributed by atoms with van der Waals surface area (Å²) in [5.74, 6) is -0.651. The van der Waals surface area contributed by atoms with Gasteiger partial charge in [-0.2, -0.15) is 0 Å². The van der Waals surface area contributed by atoms with Crippen molar-refractivity contribution in [2.45, 2.75) is 32.6 Å². The van der Waals surface area contributed by atoms with Gasteiger partial charge in [0.1, 0.15) is 5.75 Å². The Hall–Kier alpha value is -1.10. The monoisotopic (exact) mass is 260 g/mol. The molecule has 96 valence electrons. The number of carboxylic acids is 1. The molecule has 0 fully saturated rings. The van der Waals surface area contributed by atoms with E-state index < -0.39 is 12.6 Å². The van der Waals surface area contributed by atoms with Crippen LogP contribution in [0.25, 0.3) is 0 Å². The lowest BCUT2D eigenvalue weighted by atomic mass is 9.95. The topological polar surface area (TPSA) is 46.5 Å². The standard InChI is InChI=1S/C12H17FO3S/c1-12(2,3)9-7-8(16-6-4-5-13)10(17-9)11(14)15/h7H,4-6H2,1-3H3,(H,14,15). The van der Waals surface area contributed by atoms with Crippen LogP contribution in [0.4, 0.5) is 4.39 Å². The molecule has 0 atom stereocenters. The Morgan fingerprint density at radius 3 is 2.65 bits per heavy atom. The van der Waals surface area contributed by atoms with Crippen molar-refractivity contribution in [3.8, 4) is 5.75 Å². The summed E-state index contributed by atoms with van der Waals surface area (Å²) in [7, 11) is 0. The fourth-order valence-electron chi connectivity index (χ4n) is 1.24. The highest BCUT2D eigenvalue weighted by Gasteiger charge is 2.23. The van der Waals surface area contributed by atoms with Crippen LogP contribution in [0.3, 0.4) is 0 Å². The molecular weight excluding hydrogens is 243 g/mol. The van der Waals surface area contributed by atoms with E-state index in [-0.39, 0.29) is 23.3 Å². The molecule has 5 heteroatoms. The van der Waals surface area contributed by atoms with Gasteiger partial charge >= 0.3 is 5.97 Å². The van der Waals surface area contributed by atoms with Gasteiger partial charge in [0.15, 0.2) is 4.88 Å². The number of alkyl halides is 1. The van der Waals surface area contributed by atoms with E-state index in [0.717, 1.165) is 4.88 Å². The predicted octanol–water partition coefficient (Wildman–Crippen LogP) is 3.48. The first kappa shape index (κ1) is 14.0. The highest BCUT2D eigenvalue weighted by Crippen LogP contribution is 2.36. The number of carbonyl (C=O) groups is 1. The average Bonchev–Trinajstić information content (AvgIpc) is 2.61. The lowest BCUT2D eigenvalue weighted by Crippen LogP contribution is -2.08. The molecule has 0 unspecified atom stereocenters. The zero-order valence-corrected chi connectivity index (χ0v) is 11.1. The summed E-state index contributed by atoms with van der Waals surface area (Å²) in [5, 5.41) is 9.06. The normalized spacial score (nSPS) is 11.5. The van der Waals surface area contributed by atoms with E-state index in [1.165, 1.54) is 11.3 Å². The van der Waals surface area contributed by atoms with E-state index in [9.17, 15) is 9.18 Å². The van der Waals surface area contributed by atoms with Crippen LogP contribution in [-0.2, 0) is 5.41 Å². The second-order valence-corrected chi connectivity index (χ2v) is 5.80. The first-order chi connectivity index (χ1) is 7.86. The maximum Gasteiger partial charge on any atom is 0.349 e. The first-order valence-corrected chi connectivity index (χ1v) is 6.24. The third kappa shape index (κ3) is 3.70. The van der Waals surface area contributed by atoms with E-state index >= 15 is 0 Å². The minimum atomic E-state index is -0.999. The molecule has 1 N–H and O–H groups in total. The summed E-state index contributed by atoms with van der Waals surface area (Å²) in [6.45, 7) is 5.77. The van der Waals surface area contributed by atoms with E-state index in [1.807, 2.05) is 20.8 Å². The summed E-state index contributed by atoms with van der Waals surface area (Å²) >= 11 is 1.21. The second kappa shape index (κ2) is 5.49. The fourth-order valence-corrected chi connectivity index (χ4v) is 2.23. The van der Waals surface area contributed by atoms with E-state index in [4.69, 9.17) is 9.84 Å². The summed E-state index contributed by atoms with van der Waals surface area (Å²) in [6, 6.07) is 1.74. The summed E-state index contributed by atoms with van der Waals surface area (Å²) in [4.78, 5) is 12.2. The van der Waals surface area contributed by atoms with Crippen LogP contribution in [0.15, 0.2) is 6.07 Å². The molecular formula is C12H17FO3S. The van der Waals surface area contributed by atoms with Gasteiger partial charge in [0.2, 0.25) is 0 Å². The Balaban J connectivity index is 2.94. The van der Waals surface area contributed by atoms with E-state index in [0.29, 0.717) is 5.75 Å². The largest absolute Gasteiger partial charge is 0.492 e. The highest BCUT2D eigenvalue weighted by molar-refractivity contribution is 7.14. The molecule has 17 heavy (non-hydrogen) atoms. The minimum Gasteiger partial charge on any atom is -0.492 e. The highest BCUT2D eigenvalue weighted by atomic mass is 32.1. The molecule has 0 aromatic carbocycles. The van der Waals surface area contributed by atoms with Crippen molar-refractivity contribution in [1.29, 1.82) is 0 Å². The molecule has 0 spiro atoms. The Morgan fingerprint density at radius 2 is 2.18 bits per heavy atom. The number of hydrogen-bond acceptors (Lipinski definition) is 3.